The van der Waals surface area contributed by atoms with Crippen LogP contribution in [0.5, 0.6) is 23.0 Å². The van der Waals surface area contributed by atoms with Crippen molar-refractivity contribution in [2.45, 2.75) is 6.92 Å². The minimum Gasteiger partial charge on any atom is -0.493 e. The summed E-state index contributed by atoms with van der Waals surface area (Å²) in [5.74, 6) is -0.440. The Morgan fingerprint density at radius 1 is 1.17 bits per heavy atom. The van der Waals surface area contributed by atoms with Crippen LogP contribution in [-0.4, -0.2) is 38.1 Å². The molecule has 0 unspecified atom stereocenters. The Morgan fingerprint density at radius 3 is 2.48 bits per heavy atom. The highest BCUT2D eigenvalue weighted by Crippen LogP contribution is 2.39. The van der Waals surface area contributed by atoms with Crippen molar-refractivity contribution in [3.8, 4) is 23.0 Å². The Kier molecular flexibility index (Phi) is 5.79. The van der Waals surface area contributed by atoms with Gasteiger partial charge < -0.3 is 30.0 Å². The molecule has 3 rings (SSSR count). The highest BCUT2D eigenvalue weighted by molar-refractivity contribution is 6.33. The molecule has 0 fully saturated rings. The first kappa shape index (κ1) is 20.3. The molecule has 0 spiro atoms. The van der Waals surface area contributed by atoms with Gasteiger partial charge in [0, 0.05) is 17.2 Å². The Morgan fingerprint density at radius 2 is 1.86 bits per heavy atom. The van der Waals surface area contributed by atoms with Gasteiger partial charge in [0.15, 0.2) is 35.4 Å². The third kappa shape index (κ3) is 4.35. The molecule has 0 aliphatic carbocycles. The van der Waals surface area contributed by atoms with Crippen molar-refractivity contribution in [1.82, 2.24) is 0 Å². The molecule has 0 radical (unpaired) electrons. The number of nitrogens with one attached hydrogen (secondary N) is 1. The number of benzene rings is 2. The molecule has 2 aromatic carbocycles. The lowest BCUT2D eigenvalue weighted by Gasteiger charge is -2.14. The molecule has 9 nitrogen and oxygen atoms in total. The zero-order valence-corrected chi connectivity index (χ0v) is 16.3. The van der Waals surface area contributed by atoms with E-state index in [0.717, 1.165) is 0 Å². The summed E-state index contributed by atoms with van der Waals surface area (Å²) in [6.07, 6.45) is 0. The number of methoxy groups -OCH3 is 1. The van der Waals surface area contributed by atoms with Gasteiger partial charge in [-0.05, 0) is 25.1 Å². The second-order valence-corrected chi connectivity index (χ2v) is 6.41. The fourth-order valence-corrected chi connectivity index (χ4v) is 2.93. The lowest BCUT2D eigenvalue weighted by atomic mass is 10.1. The third-order valence-corrected chi connectivity index (χ3v) is 4.27. The Balaban J connectivity index is 1.91. The van der Waals surface area contributed by atoms with Crippen molar-refractivity contribution in [2.24, 2.45) is 5.73 Å². The Bertz CT molecular complexity index is 1010. The van der Waals surface area contributed by atoms with E-state index in [1.165, 1.54) is 38.3 Å². The van der Waals surface area contributed by atoms with Crippen LogP contribution >= 0.6 is 11.6 Å². The average Bonchev–Trinajstić information content (AvgIpc) is 3.12. The van der Waals surface area contributed by atoms with E-state index in [9.17, 15) is 14.4 Å². The van der Waals surface area contributed by atoms with E-state index in [1.54, 1.807) is 0 Å². The topological polar surface area (TPSA) is 126 Å². The molecule has 10 heteroatoms. The molecule has 1 heterocycles. The summed E-state index contributed by atoms with van der Waals surface area (Å²) in [4.78, 5) is 35.7. The molecule has 2 aromatic rings. The number of hydrogen-bond donors (Lipinski definition) is 2. The summed E-state index contributed by atoms with van der Waals surface area (Å²) < 4.78 is 21.0. The maximum absolute atomic E-state index is 12.8. The monoisotopic (exact) mass is 420 g/mol. The van der Waals surface area contributed by atoms with E-state index in [1.807, 2.05) is 0 Å². The number of nitrogens with two attached hydrogens (primary N) is 1. The summed E-state index contributed by atoms with van der Waals surface area (Å²) in [6, 6.07) is 5.75. The zero-order chi connectivity index (χ0) is 21.1. The summed E-state index contributed by atoms with van der Waals surface area (Å²) >= 11 is 6.17. The molecule has 29 heavy (non-hydrogen) atoms. The summed E-state index contributed by atoms with van der Waals surface area (Å²) in [6.45, 7) is 1.00. The van der Waals surface area contributed by atoms with Gasteiger partial charge in [0.2, 0.25) is 6.79 Å². The Hall–Kier alpha value is -3.46. The number of primary amides is 1. The lowest BCUT2D eigenvalue weighted by molar-refractivity contribution is -0.119. The van der Waals surface area contributed by atoms with E-state index in [-0.39, 0.29) is 45.9 Å². The first-order chi connectivity index (χ1) is 13.8. The highest BCUT2D eigenvalue weighted by Gasteiger charge is 2.22. The fourth-order valence-electron chi connectivity index (χ4n) is 2.67. The van der Waals surface area contributed by atoms with Crippen LogP contribution in [0.15, 0.2) is 24.3 Å². The number of halogens is 1. The number of ketones is 1. The molecule has 1 aliphatic heterocycles. The molecule has 0 bridgehead atoms. The van der Waals surface area contributed by atoms with E-state index in [4.69, 9.17) is 36.3 Å². The van der Waals surface area contributed by atoms with Crippen LogP contribution in [0.4, 0.5) is 5.69 Å². The maximum atomic E-state index is 12.8. The van der Waals surface area contributed by atoms with E-state index < -0.39 is 18.4 Å². The standard InChI is InChI=1S/C19H17ClN2O7/c1-9(23)11-5-14-15(29-8-28-14)6-13(11)22-19(25)10-3-12(20)18(16(4-10)26-2)27-7-17(21)24/h3-6H,7-8H2,1-2H3,(H2,21,24)(H,22,25). The van der Waals surface area contributed by atoms with Crippen molar-refractivity contribution in [2.75, 3.05) is 25.8 Å². The van der Waals surface area contributed by atoms with E-state index >= 15 is 0 Å². The van der Waals surface area contributed by atoms with Crippen molar-refractivity contribution in [3.63, 3.8) is 0 Å². The third-order valence-electron chi connectivity index (χ3n) is 3.99. The molecule has 0 aromatic heterocycles. The smallest absolute Gasteiger partial charge is 0.255 e. The van der Waals surface area contributed by atoms with E-state index in [2.05, 4.69) is 5.32 Å². The second-order valence-electron chi connectivity index (χ2n) is 6.01. The van der Waals surface area contributed by atoms with Crippen LogP contribution in [-0.2, 0) is 4.79 Å². The van der Waals surface area contributed by atoms with Gasteiger partial charge in [0.25, 0.3) is 11.8 Å². The summed E-state index contributed by atoms with van der Waals surface area (Å²) in [7, 11) is 1.36. The van der Waals surface area contributed by atoms with Gasteiger partial charge in [0.1, 0.15) is 0 Å². The fraction of sp³-hybridized carbons (Fsp3) is 0.211. The second kappa shape index (κ2) is 8.27. The molecular formula is C19H17ClN2O7. The zero-order valence-electron chi connectivity index (χ0n) is 15.5. The average molecular weight is 421 g/mol. The van der Waals surface area contributed by atoms with Gasteiger partial charge in [-0.2, -0.15) is 0 Å². The predicted molar refractivity (Wildman–Crippen MR) is 103 cm³/mol. The van der Waals surface area contributed by atoms with Gasteiger partial charge in [0.05, 0.1) is 17.8 Å². The number of carbonyl (C=O) groups is 3. The van der Waals surface area contributed by atoms with Gasteiger partial charge in [-0.3, -0.25) is 14.4 Å². The van der Waals surface area contributed by atoms with E-state index in [0.29, 0.717) is 11.5 Å². The predicted octanol–water partition coefficient (Wildman–Crippen LogP) is 2.40. The molecule has 1 aliphatic rings. The number of carbonyl (C=O) groups excluding carboxylic acids is 3. The minimum atomic E-state index is -0.690. The summed E-state index contributed by atoms with van der Waals surface area (Å²) in [5.41, 5.74) is 5.73. The lowest BCUT2D eigenvalue weighted by Crippen LogP contribution is -2.20. The van der Waals surface area contributed by atoms with Gasteiger partial charge >= 0.3 is 0 Å². The minimum absolute atomic E-state index is 0.0314. The molecule has 152 valence electrons. The van der Waals surface area contributed by atoms with Crippen LogP contribution in [0.25, 0.3) is 0 Å². The van der Waals surface area contributed by atoms with Crippen LogP contribution in [0.3, 0.4) is 0 Å². The number of anilines is 1. The largest absolute Gasteiger partial charge is 0.493 e. The number of fused-ring (bicyclic) bond motifs is 1. The molecular weight excluding hydrogens is 404 g/mol. The van der Waals surface area contributed by atoms with Crippen LogP contribution in [0.1, 0.15) is 27.6 Å². The van der Waals surface area contributed by atoms with Gasteiger partial charge in [-0.15, -0.1) is 0 Å². The number of amides is 2. The first-order valence-corrected chi connectivity index (χ1v) is 8.72. The van der Waals surface area contributed by atoms with Crippen LogP contribution in [0, 0.1) is 0 Å². The number of rotatable bonds is 7. The number of ether oxygens (including phenoxy) is 4. The number of Topliss-reactive ketones (excluding diaryl/α,β-unsaturated/α-hetero) is 1. The molecule has 0 saturated heterocycles. The van der Waals surface area contributed by atoms with Crippen molar-refractivity contribution in [1.29, 1.82) is 0 Å². The molecule has 3 N–H and O–H groups in total. The van der Waals surface area contributed by atoms with Crippen molar-refractivity contribution >= 4 is 34.9 Å². The molecule has 0 atom stereocenters. The van der Waals surface area contributed by atoms with Crippen molar-refractivity contribution < 1.29 is 33.3 Å². The normalized spacial score (nSPS) is 11.7. The summed E-state index contributed by atoms with van der Waals surface area (Å²) in [5, 5.41) is 2.71. The molecule has 0 saturated carbocycles. The molecule has 2 amide bonds. The van der Waals surface area contributed by atoms with Crippen LogP contribution in [0.2, 0.25) is 5.02 Å². The van der Waals surface area contributed by atoms with Gasteiger partial charge in [-0.1, -0.05) is 11.6 Å². The van der Waals surface area contributed by atoms with Crippen molar-refractivity contribution in [3.05, 3.63) is 40.4 Å². The Labute approximate surface area is 170 Å². The quantitative estimate of drug-likeness (QED) is 0.658. The highest BCUT2D eigenvalue weighted by atomic mass is 35.5. The van der Waals surface area contributed by atoms with Crippen LogP contribution < -0.4 is 30.0 Å². The number of hydrogen-bond acceptors (Lipinski definition) is 7. The first-order valence-electron chi connectivity index (χ1n) is 8.34. The maximum Gasteiger partial charge on any atom is 0.255 e. The van der Waals surface area contributed by atoms with Gasteiger partial charge in [-0.25, -0.2) is 0 Å². The SMILES string of the molecule is COc1cc(C(=O)Nc2cc3c(cc2C(C)=O)OCO3)cc(Cl)c1OCC(N)=O.